The molecule has 3 amide bonds. The van der Waals surface area contributed by atoms with E-state index < -0.39 is 11.4 Å². The Morgan fingerprint density at radius 1 is 1.06 bits per heavy atom. The van der Waals surface area contributed by atoms with Crippen LogP contribution in [0.2, 0.25) is 0 Å². The third kappa shape index (κ3) is 4.49. The third-order valence-corrected chi connectivity index (χ3v) is 6.92. The summed E-state index contributed by atoms with van der Waals surface area (Å²) in [6, 6.07) is 15.7. The van der Waals surface area contributed by atoms with Crippen LogP contribution in [0, 0.1) is 5.82 Å². The second kappa shape index (κ2) is 9.83. The molecule has 1 spiro atoms. The summed E-state index contributed by atoms with van der Waals surface area (Å²) in [6.45, 7) is 4.88. The molecule has 2 heterocycles. The number of hydrogen-bond donors (Lipinski definition) is 1. The molecule has 0 radical (unpaired) electrons. The minimum Gasteiger partial charge on any atom is -0.352 e. The van der Waals surface area contributed by atoms with E-state index in [4.69, 9.17) is 0 Å². The van der Waals surface area contributed by atoms with Gasteiger partial charge in [-0.25, -0.2) is 4.39 Å². The van der Waals surface area contributed by atoms with Crippen LogP contribution in [-0.4, -0.2) is 65.4 Å². The lowest BCUT2D eigenvalue weighted by atomic mass is 9.85. The molecule has 0 unspecified atom stereocenters. The van der Waals surface area contributed by atoms with Crippen molar-refractivity contribution in [2.75, 3.05) is 31.2 Å². The molecule has 0 saturated carbocycles. The maximum Gasteiger partial charge on any atom is 0.256 e. The van der Waals surface area contributed by atoms with E-state index in [1.165, 1.54) is 12.1 Å². The number of nitrogens with one attached hydrogen (secondary N) is 1. The Kier molecular flexibility index (Phi) is 6.86. The van der Waals surface area contributed by atoms with Crippen molar-refractivity contribution < 1.29 is 18.8 Å². The maximum atomic E-state index is 14.2. The third-order valence-electron chi connectivity index (χ3n) is 6.92. The lowest BCUT2D eigenvalue weighted by molar-refractivity contribution is -0.137. The highest BCUT2D eigenvalue weighted by atomic mass is 19.1. The number of likely N-dealkylation sites (tertiary alicyclic amines) is 1. The quantitative estimate of drug-likeness (QED) is 0.711. The summed E-state index contributed by atoms with van der Waals surface area (Å²) in [4.78, 5) is 44.4. The number of hydrogen-bond acceptors (Lipinski definition) is 4. The van der Waals surface area contributed by atoms with Crippen molar-refractivity contribution in [3.63, 3.8) is 0 Å². The van der Waals surface area contributed by atoms with Gasteiger partial charge in [-0.2, -0.15) is 0 Å². The van der Waals surface area contributed by atoms with E-state index in [2.05, 4.69) is 10.2 Å². The van der Waals surface area contributed by atoms with Crippen molar-refractivity contribution in [2.24, 2.45) is 0 Å². The van der Waals surface area contributed by atoms with Gasteiger partial charge in [-0.3, -0.25) is 14.4 Å². The smallest absolute Gasteiger partial charge is 0.256 e. The maximum absolute atomic E-state index is 14.2. The highest BCUT2D eigenvalue weighted by molar-refractivity contribution is 5.97. The SMILES string of the molecule is CC[C@@H](C)NC(=O)CN1CN(c2ccccc2)C2(CCN(C(=O)c3ccccc3F)CC2)C1=O. The Hall–Kier alpha value is -3.42. The fraction of sp³-hybridized carbons (Fsp3) is 0.423. The van der Waals surface area contributed by atoms with E-state index in [1.54, 1.807) is 21.9 Å². The largest absolute Gasteiger partial charge is 0.352 e. The minimum absolute atomic E-state index is 0.00781. The number of carbonyl (C=O) groups is 3. The summed E-state index contributed by atoms with van der Waals surface area (Å²) in [6.07, 6.45) is 1.63. The summed E-state index contributed by atoms with van der Waals surface area (Å²) < 4.78 is 14.2. The van der Waals surface area contributed by atoms with Crippen LogP contribution in [-0.2, 0) is 9.59 Å². The molecule has 7 nitrogen and oxygen atoms in total. The number of anilines is 1. The van der Waals surface area contributed by atoms with Crippen LogP contribution < -0.4 is 10.2 Å². The van der Waals surface area contributed by atoms with E-state index in [-0.39, 0.29) is 35.9 Å². The van der Waals surface area contributed by atoms with Crippen molar-refractivity contribution >= 4 is 23.4 Å². The number of nitrogens with zero attached hydrogens (tertiary/aromatic N) is 3. The molecule has 0 bridgehead atoms. The number of amides is 3. The lowest BCUT2D eigenvalue weighted by Crippen LogP contribution is -2.57. The number of piperidine rings is 1. The van der Waals surface area contributed by atoms with Crippen molar-refractivity contribution in [3.8, 4) is 0 Å². The zero-order valence-corrected chi connectivity index (χ0v) is 19.7. The van der Waals surface area contributed by atoms with E-state index in [0.717, 1.165) is 12.1 Å². The van der Waals surface area contributed by atoms with Gasteiger partial charge in [0.1, 0.15) is 17.9 Å². The van der Waals surface area contributed by atoms with Crippen molar-refractivity contribution in [2.45, 2.75) is 44.7 Å². The molecule has 2 saturated heterocycles. The first kappa shape index (κ1) is 23.7. The predicted molar refractivity (Wildman–Crippen MR) is 128 cm³/mol. The van der Waals surface area contributed by atoms with Gasteiger partial charge in [0, 0.05) is 24.8 Å². The van der Waals surface area contributed by atoms with Crippen LogP contribution in [0.1, 0.15) is 43.5 Å². The fourth-order valence-corrected chi connectivity index (χ4v) is 4.80. The average Bonchev–Trinajstić information content (AvgIpc) is 3.11. The molecule has 2 aromatic rings. The molecule has 8 heteroatoms. The zero-order valence-electron chi connectivity index (χ0n) is 19.7. The molecule has 1 atom stereocenters. The van der Waals surface area contributed by atoms with Crippen molar-refractivity contribution in [3.05, 3.63) is 66.0 Å². The molecular formula is C26H31FN4O3. The summed E-state index contributed by atoms with van der Waals surface area (Å²) in [5.74, 6) is -1.20. The van der Waals surface area contributed by atoms with Gasteiger partial charge in [0.15, 0.2) is 0 Å². The molecule has 180 valence electrons. The number of halogens is 1. The Morgan fingerprint density at radius 3 is 2.35 bits per heavy atom. The molecule has 2 aromatic carbocycles. The lowest BCUT2D eigenvalue weighted by Gasteiger charge is -2.43. The fourth-order valence-electron chi connectivity index (χ4n) is 4.80. The topological polar surface area (TPSA) is 73.0 Å². The predicted octanol–water partition coefficient (Wildman–Crippen LogP) is 3.02. The van der Waals surface area contributed by atoms with Gasteiger partial charge in [-0.05, 0) is 50.5 Å². The summed E-state index contributed by atoms with van der Waals surface area (Å²) in [7, 11) is 0. The highest BCUT2D eigenvalue weighted by Gasteiger charge is 2.54. The molecule has 0 aliphatic carbocycles. The average molecular weight is 467 g/mol. The molecule has 2 fully saturated rings. The van der Waals surface area contributed by atoms with Gasteiger partial charge >= 0.3 is 0 Å². The van der Waals surface area contributed by atoms with Crippen LogP contribution in [0.3, 0.4) is 0 Å². The van der Waals surface area contributed by atoms with E-state index in [9.17, 15) is 18.8 Å². The minimum atomic E-state index is -0.843. The van der Waals surface area contributed by atoms with Gasteiger partial charge in [-0.1, -0.05) is 37.3 Å². The Labute approximate surface area is 199 Å². The van der Waals surface area contributed by atoms with Gasteiger partial charge in [0.2, 0.25) is 5.91 Å². The first-order valence-electron chi connectivity index (χ1n) is 11.8. The van der Waals surface area contributed by atoms with Gasteiger partial charge in [0.05, 0.1) is 12.2 Å². The summed E-state index contributed by atoms with van der Waals surface area (Å²) in [5, 5.41) is 2.93. The molecule has 2 aliphatic heterocycles. The van der Waals surface area contributed by atoms with Crippen LogP contribution in [0.5, 0.6) is 0 Å². The van der Waals surface area contributed by atoms with Gasteiger partial charge in [0.25, 0.3) is 11.8 Å². The van der Waals surface area contributed by atoms with Crippen molar-refractivity contribution in [1.29, 1.82) is 0 Å². The summed E-state index contributed by atoms with van der Waals surface area (Å²) >= 11 is 0. The van der Waals surface area contributed by atoms with Crippen LogP contribution in [0.15, 0.2) is 54.6 Å². The van der Waals surface area contributed by atoms with Gasteiger partial charge in [-0.15, -0.1) is 0 Å². The van der Waals surface area contributed by atoms with Gasteiger partial charge < -0.3 is 20.0 Å². The normalized spacial score (nSPS) is 18.3. The second-order valence-corrected chi connectivity index (χ2v) is 9.09. The highest BCUT2D eigenvalue weighted by Crippen LogP contribution is 2.39. The Bertz CT molecular complexity index is 1050. The van der Waals surface area contributed by atoms with Crippen LogP contribution >= 0.6 is 0 Å². The molecular weight excluding hydrogens is 435 g/mol. The Balaban J connectivity index is 1.54. The molecule has 0 aromatic heterocycles. The number of para-hydroxylation sites is 1. The molecule has 2 aliphatic rings. The second-order valence-electron chi connectivity index (χ2n) is 9.09. The Morgan fingerprint density at radius 2 is 1.71 bits per heavy atom. The van der Waals surface area contributed by atoms with Crippen LogP contribution in [0.4, 0.5) is 10.1 Å². The molecule has 1 N–H and O–H groups in total. The number of benzene rings is 2. The van der Waals surface area contributed by atoms with E-state index in [0.29, 0.717) is 32.6 Å². The summed E-state index contributed by atoms with van der Waals surface area (Å²) in [5.41, 5.74) is 0.0957. The number of carbonyl (C=O) groups excluding carboxylic acids is 3. The number of rotatable bonds is 6. The van der Waals surface area contributed by atoms with Crippen molar-refractivity contribution in [1.82, 2.24) is 15.1 Å². The first-order valence-corrected chi connectivity index (χ1v) is 11.8. The van der Waals surface area contributed by atoms with E-state index in [1.807, 2.05) is 44.2 Å². The van der Waals surface area contributed by atoms with E-state index >= 15 is 0 Å². The zero-order chi connectivity index (χ0) is 24.3. The molecule has 4 rings (SSSR count). The first-order chi connectivity index (χ1) is 16.4. The monoisotopic (exact) mass is 466 g/mol. The van der Waals surface area contributed by atoms with Crippen LogP contribution in [0.25, 0.3) is 0 Å². The molecule has 34 heavy (non-hydrogen) atoms. The standard InChI is InChI=1S/C26H31FN4O3/c1-3-19(2)28-23(32)17-30-18-31(20-9-5-4-6-10-20)26(25(30)34)13-15-29(16-14-26)24(33)21-11-7-8-12-22(21)27/h4-12,19H,3,13-18H2,1-2H3,(H,28,32)/t19-/m1/s1.